The second-order valence-electron chi connectivity index (χ2n) is 4.64. The summed E-state index contributed by atoms with van der Waals surface area (Å²) in [4.78, 5) is 16.1. The fourth-order valence-corrected chi connectivity index (χ4v) is 1.71. The van der Waals surface area contributed by atoms with E-state index < -0.39 is 0 Å². The lowest BCUT2D eigenvalue weighted by Crippen LogP contribution is -2.14. The summed E-state index contributed by atoms with van der Waals surface area (Å²) in [5.41, 5.74) is 1.57. The number of anilines is 1. The molecule has 0 aliphatic carbocycles. The topological polar surface area (TPSA) is 70.7 Å². The molecule has 0 saturated heterocycles. The molecule has 0 unspecified atom stereocenters. The normalized spacial score (nSPS) is 10.8. The Morgan fingerprint density at radius 1 is 1.42 bits per heavy atom. The van der Waals surface area contributed by atoms with Gasteiger partial charge in [-0.3, -0.25) is 9.89 Å². The van der Waals surface area contributed by atoms with E-state index in [4.69, 9.17) is 11.6 Å². The van der Waals surface area contributed by atoms with Gasteiger partial charge in [-0.15, -0.1) is 5.10 Å². The van der Waals surface area contributed by atoms with Crippen molar-refractivity contribution in [2.24, 2.45) is 0 Å². The first-order valence-corrected chi connectivity index (χ1v) is 6.35. The predicted molar refractivity (Wildman–Crippen MR) is 74.6 cm³/mol. The van der Waals surface area contributed by atoms with E-state index in [1.54, 1.807) is 12.1 Å². The second kappa shape index (κ2) is 5.40. The summed E-state index contributed by atoms with van der Waals surface area (Å²) in [6, 6.07) is 5.42. The number of carbonyl (C=O) groups excluding carboxylic acids is 1. The molecule has 19 heavy (non-hydrogen) atoms. The number of rotatable bonds is 3. The number of aryl methyl sites for hydroxylation is 1. The SMILES string of the molecule is Cc1ccc(Cl)c(NC(=O)c2n[nH]c(C(C)C)n2)c1. The zero-order valence-electron chi connectivity index (χ0n) is 11.0. The van der Waals surface area contributed by atoms with Crippen molar-refractivity contribution in [3.63, 3.8) is 0 Å². The number of aromatic nitrogens is 3. The molecule has 0 spiro atoms. The zero-order valence-corrected chi connectivity index (χ0v) is 11.7. The lowest BCUT2D eigenvalue weighted by atomic mass is 10.2. The average molecular weight is 279 g/mol. The van der Waals surface area contributed by atoms with Crippen molar-refractivity contribution >= 4 is 23.2 Å². The van der Waals surface area contributed by atoms with E-state index in [2.05, 4.69) is 20.5 Å². The number of amides is 1. The molecule has 5 nitrogen and oxygen atoms in total. The maximum absolute atomic E-state index is 12.0. The van der Waals surface area contributed by atoms with Gasteiger partial charge >= 0.3 is 0 Å². The van der Waals surface area contributed by atoms with Gasteiger partial charge in [-0.2, -0.15) is 0 Å². The first-order chi connectivity index (χ1) is 8.97. The second-order valence-corrected chi connectivity index (χ2v) is 5.04. The van der Waals surface area contributed by atoms with Crippen molar-refractivity contribution in [1.29, 1.82) is 0 Å². The van der Waals surface area contributed by atoms with E-state index in [9.17, 15) is 4.79 Å². The number of nitrogens with zero attached hydrogens (tertiary/aromatic N) is 2. The lowest BCUT2D eigenvalue weighted by molar-refractivity contribution is 0.101. The van der Waals surface area contributed by atoms with Gasteiger partial charge in [-0.25, -0.2) is 4.98 Å². The Balaban J connectivity index is 2.18. The van der Waals surface area contributed by atoms with Gasteiger partial charge in [-0.1, -0.05) is 31.5 Å². The van der Waals surface area contributed by atoms with Crippen molar-refractivity contribution in [2.75, 3.05) is 5.32 Å². The molecule has 0 saturated carbocycles. The van der Waals surface area contributed by atoms with Crippen molar-refractivity contribution in [1.82, 2.24) is 15.2 Å². The third-order valence-corrected chi connectivity index (χ3v) is 2.95. The van der Waals surface area contributed by atoms with Crippen LogP contribution in [0.4, 0.5) is 5.69 Å². The van der Waals surface area contributed by atoms with E-state index in [0.717, 1.165) is 5.56 Å². The molecule has 1 aromatic carbocycles. The Morgan fingerprint density at radius 3 is 2.79 bits per heavy atom. The molecule has 0 radical (unpaired) electrons. The predicted octanol–water partition coefficient (Wildman–Crippen LogP) is 3.14. The number of aromatic amines is 1. The van der Waals surface area contributed by atoms with E-state index in [0.29, 0.717) is 16.5 Å². The fraction of sp³-hybridized carbons (Fsp3) is 0.308. The van der Waals surface area contributed by atoms with Crippen molar-refractivity contribution < 1.29 is 4.79 Å². The molecule has 1 amide bonds. The monoisotopic (exact) mass is 278 g/mol. The van der Waals surface area contributed by atoms with Gasteiger partial charge in [0.2, 0.25) is 5.82 Å². The minimum absolute atomic E-state index is 0.112. The van der Waals surface area contributed by atoms with Crippen LogP contribution in [0.25, 0.3) is 0 Å². The standard InChI is InChI=1S/C13H15ClN4O/c1-7(2)11-16-12(18-17-11)13(19)15-10-6-8(3)4-5-9(10)14/h4-7H,1-3H3,(H,15,19)(H,16,17,18). The fourth-order valence-electron chi connectivity index (χ4n) is 1.55. The Labute approximate surface area is 116 Å². The first kappa shape index (κ1) is 13.5. The molecular weight excluding hydrogens is 264 g/mol. The number of H-pyrrole nitrogens is 1. The molecule has 0 aliphatic heterocycles. The van der Waals surface area contributed by atoms with Gasteiger partial charge in [-0.05, 0) is 24.6 Å². The van der Waals surface area contributed by atoms with Crippen LogP contribution in [0, 0.1) is 6.92 Å². The molecule has 1 heterocycles. The maximum atomic E-state index is 12.0. The highest BCUT2D eigenvalue weighted by Gasteiger charge is 2.15. The Morgan fingerprint density at radius 2 is 2.16 bits per heavy atom. The highest BCUT2D eigenvalue weighted by molar-refractivity contribution is 6.33. The van der Waals surface area contributed by atoms with Crippen molar-refractivity contribution in [3.05, 3.63) is 40.4 Å². The van der Waals surface area contributed by atoms with Crippen LogP contribution in [0.1, 0.15) is 41.8 Å². The summed E-state index contributed by atoms with van der Waals surface area (Å²) in [7, 11) is 0. The van der Waals surface area contributed by atoms with Gasteiger partial charge in [0.25, 0.3) is 5.91 Å². The average Bonchev–Trinajstić information content (AvgIpc) is 2.83. The maximum Gasteiger partial charge on any atom is 0.295 e. The number of carbonyl (C=O) groups is 1. The van der Waals surface area contributed by atoms with Gasteiger partial charge in [0, 0.05) is 5.92 Å². The van der Waals surface area contributed by atoms with Crippen LogP contribution in [0.3, 0.4) is 0 Å². The van der Waals surface area contributed by atoms with Crippen LogP contribution in [-0.4, -0.2) is 21.1 Å². The van der Waals surface area contributed by atoms with Gasteiger partial charge < -0.3 is 5.32 Å². The molecule has 0 bridgehead atoms. The van der Waals surface area contributed by atoms with E-state index >= 15 is 0 Å². The number of nitrogens with one attached hydrogen (secondary N) is 2. The number of hydrogen-bond acceptors (Lipinski definition) is 3. The Kier molecular flexibility index (Phi) is 3.85. The summed E-state index contributed by atoms with van der Waals surface area (Å²) in [5, 5.41) is 9.83. The number of hydrogen-bond donors (Lipinski definition) is 2. The van der Waals surface area contributed by atoms with Crippen LogP contribution in [0.15, 0.2) is 18.2 Å². The van der Waals surface area contributed by atoms with Crippen LogP contribution < -0.4 is 5.32 Å². The highest BCUT2D eigenvalue weighted by atomic mass is 35.5. The summed E-state index contributed by atoms with van der Waals surface area (Å²) in [6.45, 7) is 5.87. The zero-order chi connectivity index (χ0) is 14.0. The third-order valence-electron chi connectivity index (χ3n) is 2.62. The molecule has 2 rings (SSSR count). The molecule has 0 aliphatic rings. The molecule has 1 aromatic heterocycles. The highest BCUT2D eigenvalue weighted by Crippen LogP contribution is 2.23. The minimum atomic E-state index is -0.379. The Hall–Kier alpha value is -1.88. The smallest absolute Gasteiger partial charge is 0.295 e. The van der Waals surface area contributed by atoms with E-state index in [1.807, 2.05) is 26.8 Å². The van der Waals surface area contributed by atoms with Crippen molar-refractivity contribution in [2.45, 2.75) is 26.7 Å². The molecule has 0 fully saturated rings. The van der Waals surface area contributed by atoms with Gasteiger partial charge in [0.05, 0.1) is 10.7 Å². The summed E-state index contributed by atoms with van der Waals surface area (Å²) in [5.74, 6) is 0.606. The molecule has 2 aromatic rings. The van der Waals surface area contributed by atoms with Crippen LogP contribution in [0.5, 0.6) is 0 Å². The van der Waals surface area contributed by atoms with E-state index in [-0.39, 0.29) is 17.6 Å². The molecule has 100 valence electrons. The van der Waals surface area contributed by atoms with Crippen LogP contribution in [0.2, 0.25) is 5.02 Å². The quantitative estimate of drug-likeness (QED) is 0.906. The Bertz CT molecular complexity index is 606. The molecule has 2 N–H and O–H groups in total. The van der Waals surface area contributed by atoms with Crippen LogP contribution >= 0.6 is 11.6 Å². The molecular formula is C13H15ClN4O. The largest absolute Gasteiger partial charge is 0.318 e. The summed E-state index contributed by atoms with van der Waals surface area (Å²) in [6.07, 6.45) is 0. The van der Waals surface area contributed by atoms with Gasteiger partial charge in [0.1, 0.15) is 5.82 Å². The van der Waals surface area contributed by atoms with Crippen molar-refractivity contribution in [3.8, 4) is 0 Å². The number of halogens is 1. The first-order valence-electron chi connectivity index (χ1n) is 5.97. The van der Waals surface area contributed by atoms with E-state index in [1.165, 1.54) is 0 Å². The summed E-state index contributed by atoms with van der Waals surface area (Å²) < 4.78 is 0. The lowest BCUT2D eigenvalue weighted by Gasteiger charge is -2.06. The third kappa shape index (κ3) is 3.12. The minimum Gasteiger partial charge on any atom is -0.318 e. The summed E-state index contributed by atoms with van der Waals surface area (Å²) >= 11 is 6.02. The van der Waals surface area contributed by atoms with Crippen LogP contribution in [-0.2, 0) is 0 Å². The molecule has 6 heteroatoms. The van der Waals surface area contributed by atoms with Gasteiger partial charge in [0.15, 0.2) is 0 Å². The number of benzene rings is 1. The molecule has 0 atom stereocenters.